The van der Waals surface area contributed by atoms with E-state index < -0.39 is 18.4 Å². The summed E-state index contributed by atoms with van der Waals surface area (Å²) < 4.78 is 45.2. The molecule has 2 aromatic rings. The minimum absolute atomic E-state index is 0.168. The van der Waals surface area contributed by atoms with Gasteiger partial charge in [0, 0.05) is 23.8 Å². The Morgan fingerprint density at radius 3 is 2.52 bits per heavy atom. The molecule has 1 N–H and O–H groups in total. The molecule has 0 saturated carbocycles. The SMILES string of the molecule is O=C(Nc1ccc(Cl)cc1)O[C@H](CN1CCC[C@H](c2ccccc2)C1)C(F)(F)F. The van der Waals surface area contributed by atoms with Crippen LogP contribution in [0.2, 0.25) is 5.02 Å². The first-order chi connectivity index (χ1) is 13.8. The number of hydrogen-bond acceptors (Lipinski definition) is 3. The maximum absolute atomic E-state index is 13.5. The average Bonchev–Trinajstić information content (AvgIpc) is 2.69. The highest BCUT2D eigenvalue weighted by atomic mass is 35.5. The minimum Gasteiger partial charge on any atom is -0.435 e. The van der Waals surface area contributed by atoms with Gasteiger partial charge in [-0.1, -0.05) is 41.9 Å². The smallest absolute Gasteiger partial charge is 0.426 e. The van der Waals surface area contributed by atoms with Gasteiger partial charge in [-0.15, -0.1) is 0 Å². The van der Waals surface area contributed by atoms with E-state index in [0.29, 0.717) is 23.8 Å². The van der Waals surface area contributed by atoms with Gasteiger partial charge in [-0.3, -0.25) is 10.2 Å². The number of anilines is 1. The Kier molecular flexibility index (Phi) is 7.03. The molecule has 8 heteroatoms. The van der Waals surface area contributed by atoms with Crippen LogP contribution in [0.5, 0.6) is 0 Å². The zero-order valence-corrected chi connectivity index (χ0v) is 16.4. The summed E-state index contributed by atoms with van der Waals surface area (Å²) in [5.41, 5.74) is 1.42. The number of carbonyl (C=O) groups excluding carboxylic acids is 1. The first kappa shape index (κ1) is 21.5. The zero-order valence-electron chi connectivity index (χ0n) is 15.7. The van der Waals surface area contributed by atoms with Crippen molar-refractivity contribution in [2.75, 3.05) is 25.0 Å². The van der Waals surface area contributed by atoms with Crippen molar-refractivity contribution in [2.45, 2.75) is 31.0 Å². The summed E-state index contributed by atoms with van der Waals surface area (Å²) in [7, 11) is 0. The van der Waals surface area contributed by atoms with Crippen molar-refractivity contribution in [3.8, 4) is 0 Å². The molecule has 0 bridgehead atoms. The molecule has 0 aromatic heterocycles. The topological polar surface area (TPSA) is 41.6 Å². The summed E-state index contributed by atoms with van der Waals surface area (Å²) in [6, 6.07) is 15.8. The number of ether oxygens (including phenoxy) is 1. The van der Waals surface area contributed by atoms with E-state index in [4.69, 9.17) is 16.3 Å². The Morgan fingerprint density at radius 1 is 1.17 bits per heavy atom. The van der Waals surface area contributed by atoms with Crippen LogP contribution in [0.15, 0.2) is 54.6 Å². The lowest BCUT2D eigenvalue weighted by atomic mass is 9.90. The number of alkyl halides is 3. The summed E-state index contributed by atoms with van der Waals surface area (Å²) in [6.07, 6.45) is -6.29. The zero-order chi connectivity index (χ0) is 20.9. The fourth-order valence-electron chi connectivity index (χ4n) is 3.47. The lowest BCUT2D eigenvalue weighted by molar-refractivity contribution is -0.207. The number of benzene rings is 2. The fraction of sp³-hybridized carbons (Fsp3) is 0.381. The maximum Gasteiger partial charge on any atom is 0.426 e. The third kappa shape index (κ3) is 6.37. The van der Waals surface area contributed by atoms with Crippen LogP contribution in [-0.2, 0) is 4.74 Å². The molecule has 2 atom stereocenters. The van der Waals surface area contributed by atoms with E-state index in [1.165, 1.54) is 24.3 Å². The van der Waals surface area contributed by atoms with Crippen molar-refractivity contribution in [3.63, 3.8) is 0 Å². The van der Waals surface area contributed by atoms with Gasteiger partial charge < -0.3 is 4.74 Å². The van der Waals surface area contributed by atoms with Crippen molar-refractivity contribution >= 4 is 23.4 Å². The van der Waals surface area contributed by atoms with Crippen LogP contribution in [0.3, 0.4) is 0 Å². The molecule has 1 saturated heterocycles. The predicted octanol–water partition coefficient (Wildman–Crippen LogP) is 5.70. The van der Waals surface area contributed by atoms with Crippen molar-refractivity contribution in [2.24, 2.45) is 0 Å². The third-order valence-corrected chi connectivity index (χ3v) is 5.16. The number of nitrogens with zero attached hydrogens (tertiary/aromatic N) is 1. The van der Waals surface area contributed by atoms with Crippen molar-refractivity contribution in [3.05, 3.63) is 65.2 Å². The minimum atomic E-state index is -4.66. The molecule has 4 nitrogen and oxygen atoms in total. The van der Waals surface area contributed by atoms with E-state index in [-0.39, 0.29) is 12.5 Å². The van der Waals surface area contributed by atoms with Crippen molar-refractivity contribution in [1.29, 1.82) is 0 Å². The first-order valence-corrected chi connectivity index (χ1v) is 9.76. The van der Waals surface area contributed by atoms with Crippen molar-refractivity contribution in [1.82, 2.24) is 4.90 Å². The third-order valence-electron chi connectivity index (χ3n) is 4.91. The van der Waals surface area contributed by atoms with Crippen LogP contribution in [0.4, 0.5) is 23.7 Å². The number of nitrogens with one attached hydrogen (secondary N) is 1. The van der Waals surface area contributed by atoms with Crippen LogP contribution in [0.25, 0.3) is 0 Å². The van der Waals surface area contributed by atoms with Gasteiger partial charge in [-0.05, 0) is 55.1 Å². The molecular formula is C21H22ClF3N2O2. The number of piperidine rings is 1. The molecule has 0 aliphatic carbocycles. The highest BCUT2D eigenvalue weighted by Crippen LogP contribution is 2.30. The number of rotatable bonds is 5. The molecule has 1 aliphatic heterocycles. The summed E-state index contributed by atoms with van der Waals surface area (Å²) >= 11 is 5.76. The Labute approximate surface area is 172 Å². The molecule has 0 spiro atoms. The van der Waals surface area contributed by atoms with Gasteiger partial charge in [0.2, 0.25) is 6.10 Å². The van der Waals surface area contributed by atoms with E-state index in [1.54, 1.807) is 4.90 Å². The lowest BCUT2D eigenvalue weighted by Gasteiger charge is -2.35. The fourth-order valence-corrected chi connectivity index (χ4v) is 3.60. The highest BCUT2D eigenvalue weighted by Gasteiger charge is 2.44. The molecule has 0 radical (unpaired) electrons. The van der Waals surface area contributed by atoms with Gasteiger partial charge in [0.05, 0.1) is 0 Å². The Bertz CT molecular complexity index is 800. The largest absolute Gasteiger partial charge is 0.435 e. The van der Waals surface area contributed by atoms with Gasteiger partial charge in [-0.25, -0.2) is 4.79 Å². The summed E-state index contributed by atoms with van der Waals surface area (Å²) in [6.45, 7) is 0.651. The summed E-state index contributed by atoms with van der Waals surface area (Å²) in [5, 5.41) is 2.76. The van der Waals surface area contributed by atoms with E-state index in [0.717, 1.165) is 18.4 Å². The molecule has 1 amide bonds. The summed E-state index contributed by atoms with van der Waals surface area (Å²) in [4.78, 5) is 13.7. The van der Waals surface area contributed by atoms with E-state index in [2.05, 4.69) is 5.32 Å². The molecule has 156 valence electrons. The maximum atomic E-state index is 13.5. The van der Waals surface area contributed by atoms with E-state index in [9.17, 15) is 18.0 Å². The number of amides is 1. The lowest BCUT2D eigenvalue weighted by Crippen LogP contribution is -2.47. The van der Waals surface area contributed by atoms with E-state index >= 15 is 0 Å². The first-order valence-electron chi connectivity index (χ1n) is 9.38. The van der Waals surface area contributed by atoms with Gasteiger partial charge in [0.25, 0.3) is 0 Å². The molecular weight excluding hydrogens is 405 g/mol. The van der Waals surface area contributed by atoms with Crippen LogP contribution < -0.4 is 5.32 Å². The molecule has 2 aromatic carbocycles. The normalized spacial score (nSPS) is 18.8. The van der Waals surface area contributed by atoms with E-state index in [1.807, 2.05) is 30.3 Å². The molecule has 29 heavy (non-hydrogen) atoms. The van der Waals surface area contributed by atoms with Crippen LogP contribution in [0, 0.1) is 0 Å². The predicted molar refractivity (Wildman–Crippen MR) is 106 cm³/mol. The Morgan fingerprint density at radius 2 is 1.86 bits per heavy atom. The Hall–Kier alpha value is -2.25. The standard InChI is InChI=1S/C21H22ClF3N2O2/c22-17-8-10-18(11-9-17)26-20(28)29-19(21(23,24)25)14-27-12-4-7-16(13-27)15-5-2-1-3-6-15/h1-3,5-6,8-11,16,19H,4,7,12-14H2,(H,26,28)/t16-,19+/m0/s1. The molecule has 1 aliphatic rings. The highest BCUT2D eigenvalue weighted by molar-refractivity contribution is 6.30. The van der Waals surface area contributed by atoms with Gasteiger partial charge >= 0.3 is 12.3 Å². The molecule has 1 heterocycles. The average molecular weight is 427 g/mol. The molecule has 3 rings (SSSR count). The second-order valence-corrected chi connectivity index (χ2v) is 7.51. The van der Waals surface area contributed by atoms with Gasteiger partial charge in [0.15, 0.2) is 0 Å². The number of likely N-dealkylation sites (tertiary alicyclic amines) is 1. The number of hydrogen-bond donors (Lipinski definition) is 1. The number of carbonyl (C=O) groups is 1. The van der Waals surface area contributed by atoms with Gasteiger partial charge in [0.1, 0.15) is 0 Å². The van der Waals surface area contributed by atoms with Crippen LogP contribution >= 0.6 is 11.6 Å². The van der Waals surface area contributed by atoms with Crippen LogP contribution in [0.1, 0.15) is 24.3 Å². The van der Waals surface area contributed by atoms with Gasteiger partial charge in [-0.2, -0.15) is 13.2 Å². The van der Waals surface area contributed by atoms with Crippen molar-refractivity contribution < 1.29 is 22.7 Å². The molecule has 1 fully saturated rings. The quantitative estimate of drug-likeness (QED) is 0.666. The second-order valence-electron chi connectivity index (χ2n) is 7.08. The van der Waals surface area contributed by atoms with Crippen LogP contribution in [-0.4, -0.2) is 42.9 Å². The second kappa shape index (κ2) is 9.50. The summed E-state index contributed by atoms with van der Waals surface area (Å²) in [5.74, 6) is 0.168. The Balaban J connectivity index is 1.61. The monoisotopic (exact) mass is 426 g/mol. The number of halogens is 4. The molecule has 0 unspecified atom stereocenters.